The second-order valence-electron chi connectivity index (χ2n) is 6.17. The van der Waals surface area contributed by atoms with Gasteiger partial charge in [-0.1, -0.05) is 13.3 Å². The van der Waals surface area contributed by atoms with Gasteiger partial charge >= 0.3 is 0 Å². The molecule has 22 heavy (non-hydrogen) atoms. The van der Waals surface area contributed by atoms with Gasteiger partial charge in [0.05, 0.1) is 11.6 Å². The molecule has 3 N–H and O–H groups in total. The number of nitrogens with one attached hydrogen (secondary N) is 1. The normalized spacial score (nSPS) is 17.4. The molecule has 0 spiro atoms. The van der Waals surface area contributed by atoms with Crippen LogP contribution in [0.4, 0.5) is 5.69 Å². The lowest BCUT2D eigenvalue weighted by Crippen LogP contribution is -2.48. The molecule has 0 radical (unpaired) electrons. The highest BCUT2D eigenvalue weighted by atomic mass is 35.5. The van der Waals surface area contributed by atoms with Crippen molar-refractivity contribution in [1.82, 2.24) is 0 Å². The number of carbonyl (C=O) groups is 1. The number of hydrogen-bond acceptors (Lipinski definition) is 3. The van der Waals surface area contributed by atoms with E-state index in [4.69, 9.17) is 10.5 Å². The van der Waals surface area contributed by atoms with Crippen LogP contribution < -0.4 is 15.8 Å². The molecule has 0 heterocycles. The van der Waals surface area contributed by atoms with Gasteiger partial charge in [0.25, 0.3) is 0 Å². The van der Waals surface area contributed by atoms with E-state index in [2.05, 4.69) is 5.32 Å². The van der Waals surface area contributed by atoms with Crippen molar-refractivity contribution in [2.45, 2.75) is 64.0 Å². The molecule has 5 heteroatoms. The number of anilines is 1. The summed E-state index contributed by atoms with van der Waals surface area (Å²) >= 11 is 0. The van der Waals surface area contributed by atoms with Gasteiger partial charge in [-0.15, -0.1) is 12.4 Å². The van der Waals surface area contributed by atoms with E-state index >= 15 is 0 Å². The van der Waals surface area contributed by atoms with Gasteiger partial charge < -0.3 is 15.8 Å². The van der Waals surface area contributed by atoms with Crippen LogP contribution in [0.25, 0.3) is 0 Å². The molecule has 1 aromatic rings. The van der Waals surface area contributed by atoms with E-state index in [1.807, 2.05) is 31.2 Å². The molecule has 1 amide bonds. The van der Waals surface area contributed by atoms with Gasteiger partial charge in [-0.25, -0.2) is 0 Å². The van der Waals surface area contributed by atoms with Gasteiger partial charge in [0.15, 0.2) is 0 Å². The summed E-state index contributed by atoms with van der Waals surface area (Å²) < 4.78 is 5.90. The van der Waals surface area contributed by atoms with Gasteiger partial charge in [0, 0.05) is 5.69 Å². The first-order valence-electron chi connectivity index (χ1n) is 7.88. The fourth-order valence-corrected chi connectivity index (χ4v) is 2.72. The lowest BCUT2D eigenvalue weighted by atomic mass is 9.96. The Morgan fingerprint density at radius 2 is 1.91 bits per heavy atom. The van der Waals surface area contributed by atoms with Crippen molar-refractivity contribution in [3.63, 3.8) is 0 Å². The highest BCUT2D eigenvalue weighted by molar-refractivity contribution is 5.97. The van der Waals surface area contributed by atoms with Crippen molar-refractivity contribution in [3.8, 4) is 5.75 Å². The van der Waals surface area contributed by atoms with Crippen LogP contribution in [0.15, 0.2) is 24.3 Å². The summed E-state index contributed by atoms with van der Waals surface area (Å²) in [6, 6.07) is 7.54. The highest BCUT2D eigenvalue weighted by Crippen LogP contribution is 2.25. The van der Waals surface area contributed by atoms with Gasteiger partial charge in [-0.3, -0.25) is 4.79 Å². The van der Waals surface area contributed by atoms with Crippen LogP contribution in [0.3, 0.4) is 0 Å². The predicted molar refractivity (Wildman–Crippen MR) is 92.7 cm³/mol. The minimum Gasteiger partial charge on any atom is -0.490 e. The van der Waals surface area contributed by atoms with E-state index < -0.39 is 5.54 Å². The summed E-state index contributed by atoms with van der Waals surface area (Å²) in [4.78, 5) is 12.1. The third-order valence-electron chi connectivity index (χ3n) is 4.01. The molecule has 0 saturated heterocycles. The molecule has 1 unspecified atom stereocenters. The third-order valence-corrected chi connectivity index (χ3v) is 4.01. The number of benzene rings is 1. The molecular formula is C17H27ClN2O2. The van der Waals surface area contributed by atoms with E-state index in [0.29, 0.717) is 12.5 Å². The molecular weight excluding hydrogens is 300 g/mol. The quantitative estimate of drug-likeness (QED) is 0.833. The fraction of sp³-hybridized carbons (Fsp3) is 0.588. The predicted octanol–water partition coefficient (Wildman–Crippen LogP) is 3.89. The average molecular weight is 327 g/mol. The average Bonchev–Trinajstić information content (AvgIpc) is 2.94. The Kier molecular flexibility index (Phi) is 7.17. The molecule has 0 aliphatic heterocycles. The molecule has 1 fully saturated rings. The zero-order valence-electron chi connectivity index (χ0n) is 13.4. The Labute approximate surface area is 139 Å². The second-order valence-corrected chi connectivity index (χ2v) is 6.17. The smallest absolute Gasteiger partial charge is 0.244 e. The fourth-order valence-electron chi connectivity index (χ4n) is 2.72. The van der Waals surface area contributed by atoms with Gasteiger partial charge in [0.2, 0.25) is 5.91 Å². The number of nitrogens with two attached hydrogens (primary N) is 1. The highest BCUT2D eigenvalue weighted by Gasteiger charge is 2.27. The molecule has 124 valence electrons. The van der Waals surface area contributed by atoms with Crippen molar-refractivity contribution in [3.05, 3.63) is 24.3 Å². The largest absolute Gasteiger partial charge is 0.490 e. The molecule has 1 atom stereocenters. The van der Waals surface area contributed by atoms with E-state index in [1.165, 1.54) is 12.8 Å². The zero-order valence-corrected chi connectivity index (χ0v) is 14.2. The third kappa shape index (κ3) is 5.18. The topological polar surface area (TPSA) is 64.4 Å². The van der Waals surface area contributed by atoms with Crippen LogP contribution in [0.5, 0.6) is 5.75 Å². The number of ether oxygens (including phenoxy) is 1. The van der Waals surface area contributed by atoms with Crippen LogP contribution in [0.2, 0.25) is 0 Å². The number of rotatable bonds is 6. The van der Waals surface area contributed by atoms with Crippen LogP contribution in [0, 0.1) is 0 Å². The van der Waals surface area contributed by atoms with Crippen LogP contribution in [-0.2, 0) is 4.79 Å². The first-order valence-corrected chi connectivity index (χ1v) is 7.88. The number of amides is 1. The van der Waals surface area contributed by atoms with Gasteiger partial charge in [-0.05, 0) is 63.3 Å². The van der Waals surface area contributed by atoms with E-state index in [-0.39, 0.29) is 18.3 Å². The van der Waals surface area contributed by atoms with E-state index in [0.717, 1.165) is 30.7 Å². The van der Waals surface area contributed by atoms with Crippen molar-refractivity contribution in [1.29, 1.82) is 0 Å². The molecule has 4 nitrogen and oxygen atoms in total. The lowest BCUT2D eigenvalue weighted by Gasteiger charge is -2.23. The Hall–Kier alpha value is -1.26. The summed E-state index contributed by atoms with van der Waals surface area (Å²) in [5.74, 6) is 0.720. The molecule has 2 rings (SSSR count). The second kappa shape index (κ2) is 8.39. The summed E-state index contributed by atoms with van der Waals surface area (Å²) in [5, 5.41) is 2.87. The van der Waals surface area contributed by atoms with Gasteiger partial charge in [-0.2, -0.15) is 0 Å². The summed E-state index contributed by atoms with van der Waals surface area (Å²) in [5.41, 5.74) is 5.95. The zero-order chi connectivity index (χ0) is 15.3. The Morgan fingerprint density at radius 1 is 1.32 bits per heavy atom. The van der Waals surface area contributed by atoms with E-state index in [1.54, 1.807) is 6.92 Å². The Balaban J connectivity index is 0.00000242. The van der Waals surface area contributed by atoms with Crippen LogP contribution in [0.1, 0.15) is 52.4 Å². The number of hydrogen-bond donors (Lipinski definition) is 2. The molecule has 1 aliphatic rings. The summed E-state index contributed by atoms with van der Waals surface area (Å²) in [6.45, 7) is 3.79. The van der Waals surface area contributed by atoms with Gasteiger partial charge in [0.1, 0.15) is 5.75 Å². The lowest BCUT2D eigenvalue weighted by molar-refractivity contribution is -0.120. The maximum Gasteiger partial charge on any atom is 0.244 e. The number of carbonyl (C=O) groups excluding carboxylic acids is 1. The van der Waals surface area contributed by atoms with E-state index in [9.17, 15) is 4.79 Å². The van der Waals surface area contributed by atoms with Crippen molar-refractivity contribution < 1.29 is 9.53 Å². The SMILES string of the molecule is CCCC(C)(N)C(=O)Nc1ccc(OC2CCCC2)cc1.Cl. The maximum atomic E-state index is 12.1. The minimum atomic E-state index is -0.826. The standard InChI is InChI=1S/C17H26N2O2.ClH/c1-3-12-17(2,18)16(20)19-13-8-10-15(11-9-13)21-14-6-4-5-7-14;/h8-11,14H,3-7,12,18H2,1-2H3,(H,19,20);1H. The Morgan fingerprint density at radius 3 is 2.45 bits per heavy atom. The maximum absolute atomic E-state index is 12.1. The molecule has 0 aromatic heterocycles. The number of halogens is 1. The monoisotopic (exact) mass is 326 g/mol. The van der Waals surface area contributed by atoms with Crippen molar-refractivity contribution >= 4 is 24.0 Å². The van der Waals surface area contributed by atoms with Crippen LogP contribution in [-0.4, -0.2) is 17.6 Å². The Bertz CT molecular complexity index is 468. The van der Waals surface area contributed by atoms with Crippen LogP contribution >= 0.6 is 12.4 Å². The first kappa shape index (κ1) is 18.8. The van der Waals surface area contributed by atoms with Crippen molar-refractivity contribution in [2.24, 2.45) is 5.73 Å². The minimum absolute atomic E-state index is 0. The van der Waals surface area contributed by atoms with Crippen molar-refractivity contribution in [2.75, 3.05) is 5.32 Å². The first-order chi connectivity index (χ1) is 10.0. The molecule has 1 aromatic carbocycles. The molecule has 0 bridgehead atoms. The summed E-state index contributed by atoms with van der Waals surface area (Å²) in [6.07, 6.45) is 6.69. The summed E-state index contributed by atoms with van der Waals surface area (Å²) in [7, 11) is 0. The molecule has 1 aliphatic carbocycles. The molecule has 1 saturated carbocycles.